The minimum atomic E-state index is -1.84. The van der Waals surface area contributed by atoms with Crippen LogP contribution in [0.1, 0.15) is 6.92 Å². The van der Waals surface area contributed by atoms with Crippen LogP contribution in [0.5, 0.6) is 0 Å². The van der Waals surface area contributed by atoms with Crippen molar-refractivity contribution in [2.45, 2.75) is 18.6 Å². The van der Waals surface area contributed by atoms with Gasteiger partial charge in [0.2, 0.25) is 5.76 Å². The molecule has 1 heterocycles. The van der Waals surface area contributed by atoms with E-state index >= 15 is 0 Å². The molecule has 3 atom stereocenters. The van der Waals surface area contributed by atoms with E-state index in [0.717, 1.165) is 0 Å². The van der Waals surface area contributed by atoms with E-state index in [-0.39, 0.29) is 5.76 Å². The maximum atomic E-state index is 10.9. The van der Waals surface area contributed by atoms with Gasteiger partial charge in [0.25, 0.3) is 0 Å². The van der Waals surface area contributed by atoms with Gasteiger partial charge in [-0.15, -0.1) is 0 Å². The molecular weight excluding hydrogens is 204 g/mol. The van der Waals surface area contributed by atoms with Crippen LogP contribution in [0.2, 0.25) is 0 Å². The molecule has 0 fully saturated rings. The van der Waals surface area contributed by atoms with E-state index in [1.54, 1.807) is 6.92 Å². The summed E-state index contributed by atoms with van der Waals surface area (Å²) < 4.78 is 4.57. The van der Waals surface area contributed by atoms with E-state index < -0.39 is 35.1 Å². The molecule has 0 aromatic carbocycles. The van der Waals surface area contributed by atoms with Crippen molar-refractivity contribution in [3.8, 4) is 0 Å². The summed E-state index contributed by atoms with van der Waals surface area (Å²) in [7, 11) is 0. The van der Waals surface area contributed by atoms with Crippen LogP contribution in [0.3, 0.4) is 0 Å². The van der Waals surface area contributed by atoms with E-state index in [0.29, 0.717) is 0 Å². The SMILES string of the molecule is CC1C=C(O)[C@]1(O)[C@H]1OC(=O)C(O)=C1O. The standard InChI is InChI=1S/C9H10O6/c1-3-2-4(10)9(3,14)7-5(11)6(12)8(13)15-7/h2-3,7,10-12,14H,1H3/t3?,7-,9-/m0/s1. The highest BCUT2D eigenvalue weighted by molar-refractivity contribution is 5.89. The summed E-state index contributed by atoms with van der Waals surface area (Å²) in [5.74, 6) is -3.66. The lowest BCUT2D eigenvalue weighted by atomic mass is 9.72. The van der Waals surface area contributed by atoms with Crippen molar-refractivity contribution in [2.75, 3.05) is 0 Å². The molecule has 1 aliphatic carbocycles. The van der Waals surface area contributed by atoms with Crippen LogP contribution >= 0.6 is 0 Å². The molecule has 6 heteroatoms. The lowest BCUT2D eigenvalue weighted by Gasteiger charge is -2.42. The van der Waals surface area contributed by atoms with Crippen molar-refractivity contribution in [2.24, 2.45) is 5.92 Å². The lowest BCUT2D eigenvalue weighted by molar-refractivity contribution is -0.161. The maximum Gasteiger partial charge on any atom is 0.378 e. The largest absolute Gasteiger partial charge is 0.509 e. The van der Waals surface area contributed by atoms with Crippen LogP contribution in [0.15, 0.2) is 23.4 Å². The fraction of sp³-hybridized carbons (Fsp3) is 0.444. The highest BCUT2D eigenvalue weighted by Crippen LogP contribution is 2.44. The second-order valence-electron chi connectivity index (χ2n) is 3.69. The Morgan fingerprint density at radius 2 is 2.00 bits per heavy atom. The van der Waals surface area contributed by atoms with Gasteiger partial charge in [0.15, 0.2) is 17.5 Å². The molecule has 0 saturated carbocycles. The topological polar surface area (TPSA) is 107 Å². The second kappa shape index (κ2) is 2.66. The molecule has 1 unspecified atom stereocenters. The minimum absolute atomic E-state index is 0.381. The summed E-state index contributed by atoms with van der Waals surface area (Å²) in [6, 6.07) is 0. The van der Waals surface area contributed by atoms with Gasteiger partial charge in [0, 0.05) is 5.92 Å². The predicted octanol–water partition coefficient (Wildman–Crippen LogP) is 0.0621. The molecule has 2 rings (SSSR count). The third kappa shape index (κ3) is 0.992. The number of carbonyl (C=O) groups excluding carboxylic acids is 1. The van der Waals surface area contributed by atoms with Crippen molar-refractivity contribution in [1.82, 2.24) is 0 Å². The first-order valence-electron chi connectivity index (χ1n) is 4.35. The molecule has 15 heavy (non-hydrogen) atoms. The summed E-state index contributed by atoms with van der Waals surface area (Å²) in [5, 5.41) is 37.6. The highest BCUT2D eigenvalue weighted by atomic mass is 16.6. The number of aliphatic hydroxyl groups excluding tert-OH is 3. The lowest BCUT2D eigenvalue weighted by Crippen LogP contribution is -2.55. The molecule has 1 aliphatic heterocycles. The van der Waals surface area contributed by atoms with Crippen LogP contribution in [0, 0.1) is 5.92 Å². The first-order chi connectivity index (χ1) is 6.89. The van der Waals surface area contributed by atoms with Gasteiger partial charge in [-0.25, -0.2) is 4.79 Å². The molecule has 82 valence electrons. The first kappa shape index (κ1) is 9.85. The molecule has 0 amide bonds. The number of carbonyl (C=O) groups is 1. The predicted molar refractivity (Wildman–Crippen MR) is 47.0 cm³/mol. The van der Waals surface area contributed by atoms with E-state index in [2.05, 4.69) is 4.74 Å². The summed E-state index contributed by atoms with van der Waals surface area (Å²) in [6.07, 6.45) is -0.0822. The normalized spacial score (nSPS) is 39.9. The van der Waals surface area contributed by atoms with E-state index in [9.17, 15) is 20.1 Å². The van der Waals surface area contributed by atoms with Gasteiger partial charge in [-0.1, -0.05) is 6.92 Å². The average molecular weight is 214 g/mol. The summed E-state index contributed by atoms with van der Waals surface area (Å²) in [5.41, 5.74) is -1.84. The molecule has 0 spiro atoms. The Morgan fingerprint density at radius 3 is 2.33 bits per heavy atom. The highest BCUT2D eigenvalue weighted by Gasteiger charge is 2.58. The molecule has 0 radical (unpaired) electrons. The Hall–Kier alpha value is -1.69. The Balaban J connectivity index is 2.37. The molecule has 0 aromatic heterocycles. The number of aliphatic hydroxyl groups is 4. The van der Waals surface area contributed by atoms with Gasteiger partial charge in [-0.2, -0.15) is 0 Å². The molecule has 6 nitrogen and oxygen atoms in total. The number of hydrogen-bond donors (Lipinski definition) is 4. The zero-order chi connectivity index (χ0) is 11.4. The van der Waals surface area contributed by atoms with Crippen LogP contribution in [0.4, 0.5) is 0 Å². The number of hydrogen-bond acceptors (Lipinski definition) is 6. The van der Waals surface area contributed by atoms with Crippen molar-refractivity contribution < 1.29 is 30.0 Å². The van der Waals surface area contributed by atoms with Gasteiger partial charge in [-0.05, 0) is 6.08 Å². The van der Waals surface area contributed by atoms with Gasteiger partial charge >= 0.3 is 5.97 Å². The molecule has 0 bridgehead atoms. The number of rotatable bonds is 1. The van der Waals surface area contributed by atoms with Crippen LogP contribution in [-0.2, 0) is 9.53 Å². The van der Waals surface area contributed by atoms with Crippen LogP contribution in [0.25, 0.3) is 0 Å². The summed E-state index contributed by atoms with van der Waals surface area (Å²) >= 11 is 0. The number of cyclic esters (lactones) is 1. The summed E-state index contributed by atoms with van der Waals surface area (Å²) in [6.45, 7) is 1.58. The summed E-state index contributed by atoms with van der Waals surface area (Å²) in [4.78, 5) is 10.9. The van der Waals surface area contributed by atoms with Crippen molar-refractivity contribution in [1.29, 1.82) is 0 Å². The zero-order valence-corrected chi connectivity index (χ0v) is 7.84. The quantitative estimate of drug-likeness (QED) is 0.460. The van der Waals surface area contributed by atoms with Crippen molar-refractivity contribution in [3.05, 3.63) is 23.4 Å². The minimum Gasteiger partial charge on any atom is -0.509 e. The van der Waals surface area contributed by atoms with Gasteiger partial charge in [-0.3, -0.25) is 0 Å². The van der Waals surface area contributed by atoms with Crippen molar-refractivity contribution in [3.63, 3.8) is 0 Å². The molecule has 4 N–H and O–H groups in total. The number of ether oxygens (including phenoxy) is 1. The fourth-order valence-corrected chi connectivity index (χ4v) is 1.75. The first-order valence-corrected chi connectivity index (χ1v) is 4.35. The Morgan fingerprint density at radius 1 is 1.40 bits per heavy atom. The smallest absolute Gasteiger partial charge is 0.378 e. The molecular formula is C9H10O6. The monoisotopic (exact) mass is 214 g/mol. The molecule has 0 aromatic rings. The van der Waals surface area contributed by atoms with E-state index in [1.807, 2.05) is 0 Å². The molecule has 0 saturated heterocycles. The average Bonchev–Trinajstić information content (AvgIpc) is 2.45. The third-order valence-electron chi connectivity index (χ3n) is 2.82. The fourth-order valence-electron chi connectivity index (χ4n) is 1.75. The Labute approximate surface area is 84.7 Å². The van der Waals surface area contributed by atoms with Gasteiger partial charge in [0.1, 0.15) is 5.76 Å². The number of esters is 1. The maximum absolute atomic E-state index is 10.9. The Kier molecular flexibility index (Phi) is 1.75. The third-order valence-corrected chi connectivity index (χ3v) is 2.82. The van der Waals surface area contributed by atoms with Gasteiger partial charge in [0.05, 0.1) is 0 Å². The zero-order valence-electron chi connectivity index (χ0n) is 7.84. The van der Waals surface area contributed by atoms with E-state index in [1.165, 1.54) is 6.08 Å². The molecule has 2 aliphatic rings. The van der Waals surface area contributed by atoms with Gasteiger partial charge < -0.3 is 25.2 Å². The van der Waals surface area contributed by atoms with Crippen LogP contribution < -0.4 is 0 Å². The van der Waals surface area contributed by atoms with Crippen molar-refractivity contribution >= 4 is 5.97 Å². The van der Waals surface area contributed by atoms with Crippen LogP contribution in [-0.4, -0.2) is 38.1 Å². The second-order valence-corrected chi connectivity index (χ2v) is 3.69. The Bertz CT molecular complexity index is 395. The van der Waals surface area contributed by atoms with E-state index in [4.69, 9.17) is 5.11 Å².